The predicted molar refractivity (Wildman–Crippen MR) is 84.0 cm³/mol. The molecule has 1 aliphatic rings. The highest BCUT2D eigenvalue weighted by atomic mass is 35.5. The molecule has 0 aliphatic carbocycles. The Morgan fingerprint density at radius 2 is 2.30 bits per heavy atom. The van der Waals surface area contributed by atoms with Crippen molar-refractivity contribution < 1.29 is 24.7 Å². The standard InChI is InChI=1S/C16H21ClN2O4/c1-10-4-5-11(7-13(10)17)19-15(20)8-14(16(21)22)18-9-12-3-2-6-23-12/h4-5,7,12,14,18H,2-3,6,8-9H2,1H3,(H,19,20)(H,21,22)/t12-,14-/m1/s1. The first-order valence-corrected chi connectivity index (χ1v) is 8.05. The molecular weight excluding hydrogens is 320 g/mol. The number of aryl methyl sites for hydroxylation is 1. The Kier molecular flexibility index (Phi) is 6.38. The van der Waals surface area contributed by atoms with Crippen LogP contribution in [0, 0.1) is 6.92 Å². The highest BCUT2D eigenvalue weighted by Crippen LogP contribution is 2.20. The Labute approximate surface area is 140 Å². The maximum atomic E-state index is 12.0. The highest BCUT2D eigenvalue weighted by molar-refractivity contribution is 6.31. The molecular formula is C16H21ClN2O4. The van der Waals surface area contributed by atoms with Gasteiger partial charge in [0.2, 0.25) is 5.91 Å². The van der Waals surface area contributed by atoms with Crippen molar-refractivity contribution in [2.45, 2.75) is 38.3 Å². The maximum absolute atomic E-state index is 12.0. The number of hydrogen-bond acceptors (Lipinski definition) is 4. The summed E-state index contributed by atoms with van der Waals surface area (Å²) in [6.07, 6.45) is 1.80. The minimum absolute atomic E-state index is 0.0517. The fraction of sp³-hybridized carbons (Fsp3) is 0.500. The number of carbonyl (C=O) groups excluding carboxylic acids is 2. The van der Waals surface area contributed by atoms with E-state index >= 15 is 0 Å². The molecule has 0 unspecified atom stereocenters. The lowest BCUT2D eigenvalue weighted by Gasteiger charge is -2.18. The second-order valence-electron chi connectivity index (χ2n) is 5.75. The summed E-state index contributed by atoms with van der Waals surface area (Å²) in [6, 6.07) is 4.22. The van der Waals surface area contributed by atoms with E-state index in [2.05, 4.69) is 5.32 Å². The minimum atomic E-state index is -1.25. The number of nitrogens with one attached hydrogen (secondary N) is 1. The lowest BCUT2D eigenvalue weighted by atomic mass is 10.1. The molecule has 7 heteroatoms. The van der Waals surface area contributed by atoms with Crippen molar-refractivity contribution in [3.05, 3.63) is 28.8 Å². The molecule has 23 heavy (non-hydrogen) atoms. The first-order valence-electron chi connectivity index (χ1n) is 7.67. The van der Waals surface area contributed by atoms with Crippen LogP contribution in [0.15, 0.2) is 18.2 Å². The summed E-state index contributed by atoms with van der Waals surface area (Å²) in [6.45, 7) is 3.09. The molecule has 1 fully saturated rings. The van der Waals surface area contributed by atoms with Gasteiger partial charge in [-0.05, 0) is 37.5 Å². The van der Waals surface area contributed by atoms with E-state index in [1.807, 2.05) is 6.92 Å². The van der Waals surface area contributed by atoms with Crippen molar-refractivity contribution in [2.24, 2.45) is 0 Å². The molecule has 0 radical (unpaired) electrons. The molecule has 0 aromatic heterocycles. The number of anilines is 1. The third-order valence-electron chi connectivity index (χ3n) is 3.87. The van der Waals surface area contributed by atoms with Gasteiger partial charge in [0, 0.05) is 17.3 Å². The van der Waals surface area contributed by atoms with Crippen molar-refractivity contribution in [2.75, 3.05) is 18.5 Å². The topological polar surface area (TPSA) is 95.1 Å². The zero-order valence-corrected chi connectivity index (χ0v) is 13.8. The van der Waals surface area contributed by atoms with E-state index in [-0.39, 0.29) is 18.4 Å². The van der Waals surface area contributed by atoms with E-state index in [1.54, 1.807) is 23.5 Å². The number of ether oxygens (including phenoxy) is 1. The van der Waals surface area contributed by atoms with Crippen LogP contribution in [0.4, 0.5) is 5.69 Å². The number of quaternary nitrogens is 1. The number of carboxylic acid groups (broad SMARTS) is 1. The number of carboxylic acids is 1. The van der Waals surface area contributed by atoms with Crippen LogP contribution >= 0.6 is 11.6 Å². The smallest absolute Gasteiger partial charge is 0.230 e. The van der Waals surface area contributed by atoms with Gasteiger partial charge in [-0.15, -0.1) is 0 Å². The van der Waals surface area contributed by atoms with Crippen molar-refractivity contribution in [1.29, 1.82) is 0 Å². The van der Waals surface area contributed by atoms with Gasteiger partial charge in [0.1, 0.15) is 18.7 Å². The largest absolute Gasteiger partial charge is 0.544 e. The van der Waals surface area contributed by atoms with Crippen LogP contribution < -0.4 is 15.7 Å². The number of halogens is 1. The van der Waals surface area contributed by atoms with Gasteiger partial charge in [-0.25, -0.2) is 0 Å². The molecule has 1 saturated heterocycles. The molecule has 1 heterocycles. The van der Waals surface area contributed by atoms with Crippen LogP contribution in [0.5, 0.6) is 0 Å². The summed E-state index contributed by atoms with van der Waals surface area (Å²) in [7, 11) is 0. The van der Waals surface area contributed by atoms with Gasteiger partial charge >= 0.3 is 0 Å². The molecule has 0 saturated carbocycles. The summed E-state index contributed by atoms with van der Waals surface area (Å²) in [4.78, 5) is 23.2. The van der Waals surface area contributed by atoms with Crippen LogP contribution in [0.2, 0.25) is 5.02 Å². The third kappa shape index (κ3) is 5.49. The predicted octanol–water partition coefficient (Wildman–Crippen LogP) is -0.162. The Hall–Kier alpha value is -1.63. The van der Waals surface area contributed by atoms with E-state index in [1.165, 1.54) is 0 Å². The van der Waals surface area contributed by atoms with Crippen LogP contribution in [0.3, 0.4) is 0 Å². The molecule has 3 N–H and O–H groups in total. The second-order valence-corrected chi connectivity index (χ2v) is 6.16. The van der Waals surface area contributed by atoms with Crippen molar-refractivity contribution in [3.8, 4) is 0 Å². The normalized spacial score (nSPS) is 18.6. The van der Waals surface area contributed by atoms with Crippen LogP contribution in [-0.2, 0) is 14.3 Å². The number of nitrogens with two attached hydrogens (primary N) is 1. The van der Waals surface area contributed by atoms with Gasteiger partial charge in [0.15, 0.2) is 0 Å². The van der Waals surface area contributed by atoms with Gasteiger partial charge in [-0.3, -0.25) is 4.79 Å². The van der Waals surface area contributed by atoms with E-state index < -0.39 is 12.0 Å². The molecule has 2 rings (SSSR count). The third-order valence-corrected chi connectivity index (χ3v) is 4.28. The highest BCUT2D eigenvalue weighted by Gasteiger charge is 2.23. The van der Waals surface area contributed by atoms with Crippen LogP contribution in [0.25, 0.3) is 0 Å². The summed E-state index contributed by atoms with van der Waals surface area (Å²) in [5.41, 5.74) is 1.45. The Bertz CT molecular complexity index is 573. The number of amides is 1. The maximum Gasteiger partial charge on any atom is 0.230 e. The van der Waals surface area contributed by atoms with Gasteiger partial charge in [-0.1, -0.05) is 17.7 Å². The van der Waals surface area contributed by atoms with E-state index in [0.717, 1.165) is 18.4 Å². The average molecular weight is 341 g/mol. The fourth-order valence-electron chi connectivity index (χ4n) is 2.49. The Morgan fingerprint density at radius 3 is 2.91 bits per heavy atom. The lowest BCUT2D eigenvalue weighted by Crippen LogP contribution is -2.94. The van der Waals surface area contributed by atoms with Crippen LogP contribution in [0.1, 0.15) is 24.8 Å². The molecule has 1 aromatic carbocycles. The Balaban J connectivity index is 1.86. The summed E-state index contributed by atoms with van der Waals surface area (Å²) in [5.74, 6) is -1.64. The molecule has 0 spiro atoms. The van der Waals surface area contributed by atoms with Gasteiger partial charge in [0.05, 0.1) is 12.4 Å². The van der Waals surface area contributed by atoms with E-state index in [4.69, 9.17) is 16.3 Å². The first kappa shape index (κ1) is 17.7. The molecule has 0 bridgehead atoms. The van der Waals surface area contributed by atoms with Crippen LogP contribution in [-0.4, -0.2) is 37.2 Å². The van der Waals surface area contributed by atoms with Gasteiger partial charge < -0.3 is 25.3 Å². The number of rotatable bonds is 7. The summed E-state index contributed by atoms with van der Waals surface area (Å²) in [5, 5.41) is 16.0. The molecule has 1 amide bonds. The van der Waals surface area contributed by atoms with E-state index in [0.29, 0.717) is 23.9 Å². The van der Waals surface area contributed by atoms with Gasteiger partial charge in [0.25, 0.3) is 0 Å². The zero-order chi connectivity index (χ0) is 16.8. The monoisotopic (exact) mass is 340 g/mol. The van der Waals surface area contributed by atoms with Crippen molar-refractivity contribution in [1.82, 2.24) is 0 Å². The zero-order valence-electron chi connectivity index (χ0n) is 13.0. The van der Waals surface area contributed by atoms with Crippen molar-refractivity contribution in [3.63, 3.8) is 0 Å². The average Bonchev–Trinajstić information content (AvgIpc) is 3.00. The molecule has 6 nitrogen and oxygen atoms in total. The number of benzene rings is 1. The SMILES string of the molecule is Cc1ccc(NC(=O)C[C@@H]([NH2+]C[C@H]2CCCO2)C(=O)[O-])cc1Cl. The lowest BCUT2D eigenvalue weighted by molar-refractivity contribution is -0.687. The summed E-state index contributed by atoms with van der Waals surface area (Å²) >= 11 is 6.00. The van der Waals surface area contributed by atoms with E-state index in [9.17, 15) is 14.7 Å². The molecule has 1 aromatic rings. The quantitative estimate of drug-likeness (QED) is 0.721. The van der Waals surface area contributed by atoms with Crippen molar-refractivity contribution >= 4 is 29.2 Å². The summed E-state index contributed by atoms with van der Waals surface area (Å²) < 4.78 is 5.45. The number of aliphatic carboxylic acids is 1. The molecule has 2 atom stereocenters. The number of carbonyl (C=O) groups is 2. The first-order chi connectivity index (χ1) is 11.0. The minimum Gasteiger partial charge on any atom is -0.544 e. The number of hydrogen-bond donors (Lipinski definition) is 2. The molecule has 126 valence electrons. The van der Waals surface area contributed by atoms with Gasteiger partial charge in [-0.2, -0.15) is 0 Å². The molecule has 1 aliphatic heterocycles. The Morgan fingerprint density at radius 1 is 1.52 bits per heavy atom. The fourth-order valence-corrected chi connectivity index (χ4v) is 2.67. The second kappa shape index (κ2) is 8.29.